The van der Waals surface area contributed by atoms with E-state index >= 15 is 0 Å². The van der Waals surface area contributed by atoms with Crippen molar-refractivity contribution in [3.05, 3.63) is 17.5 Å². The number of carbonyl (C=O) groups is 2. The SMILES string of the molecule is Cc1cc(C)n(CC(=O)N2CC[C@@H]3[C@@H](CCCC(=O)N3C)C2)n1. The van der Waals surface area contributed by atoms with Crippen LogP contribution in [0.5, 0.6) is 0 Å². The van der Waals surface area contributed by atoms with Crippen molar-refractivity contribution >= 4 is 11.8 Å². The molecule has 0 unspecified atom stereocenters. The molecule has 3 heterocycles. The van der Waals surface area contributed by atoms with Gasteiger partial charge in [0.05, 0.1) is 5.69 Å². The summed E-state index contributed by atoms with van der Waals surface area (Å²) in [5.74, 6) is 0.789. The summed E-state index contributed by atoms with van der Waals surface area (Å²) in [4.78, 5) is 28.5. The lowest BCUT2D eigenvalue weighted by molar-refractivity contribution is -0.137. The Bertz CT molecular complexity index is 610. The number of amides is 2. The Morgan fingerprint density at radius 2 is 2.13 bits per heavy atom. The molecule has 0 spiro atoms. The van der Waals surface area contributed by atoms with Crippen molar-refractivity contribution in [2.24, 2.45) is 5.92 Å². The number of carbonyl (C=O) groups excluding carboxylic acids is 2. The minimum atomic E-state index is 0.132. The van der Waals surface area contributed by atoms with Crippen molar-refractivity contribution in [3.63, 3.8) is 0 Å². The lowest BCUT2D eigenvalue weighted by atomic mass is 9.88. The first-order chi connectivity index (χ1) is 11.0. The molecule has 2 atom stereocenters. The highest BCUT2D eigenvalue weighted by Crippen LogP contribution is 2.29. The minimum absolute atomic E-state index is 0.132. The first-order valence-electron chi connectivity index (χ1n) is 8.50. The number of piperidine rings is 1. The molecule has 2 fully saturated rings. The van der Waals surface area contributed by atoms with Gasteiger partial charge in [-0.2, -0.15) is 5.10 Å². The molecule has 0 N–H and O–H groups in total. The van der Waals surface area contributed by atoms with Crippen LogP contribution in [0.25, 0.3) is 0 Å². The third-order valence-electron chi connectivity index (χ3n) is 5.29. The van der Waals surface area contributed by atoms with E-state index in [1.807, 2.05) is 36.8 Å². The number of likely N-dealkylation sites (tertiary alicyclic amines) is 2. The Hall–Kier alpha value is -1.85. The van der Waals surface area contributed by atoms with Gasteiger partial charge in [-0.25, -0.2) is 0 Å². The van der Waals surface area contributed by atoms with Gasteiger partial charge in [-0.05, 0) is 45.1 Å². The van der Waals surface area contributed by atoms with Crippen LogP contribution in [-0.2, 0) is 16.1 Å². The molecular weight excluding hydrogens is 292 g/mol. The first kappa shape index (κ1) is 16.0. The van der Waals surface area contributed by atoms with Crippen LogP contribution in [0.1, 0.15) is 37.1 Å². The Morgan fingerprint density at radius 1 is 1.35 bits per heavy atom. The second-order valence-electron chi connectivity index (χ2n) is 6.94. The fourth-order valence-electron chi connectivity index (χ4n) is 3.98. The lowest BCUT2D eigenvalue weighted by Gasteiger charge is -2.41. The average Bonchev–Trinajstić information content (AvgIpc) is 2.75. The smallest absolute Gasteiger partial charge is 0.244 e. The standard InChI is InChI=1S/C17H26N4O2/c1-12-9-13(2)21(18-12)11-17(23)20-8-7-15-14(10-20)5-4-6-16(22)19(15)3/h9,14-15H,4-8,10-11H2,1-3H3/t14-,15+/m0/s1. The number of nitrogens with zero attached hydrogens (tertiary/aromatic N) is 4. The van der Waals surface area contributed by atoms with Crippen molar-refractivity contribution in [3.8, 4) is 0 Å². The van der Waals surface area contributed by atoms with E-state index in [1.165, 1.54) is 0 Å². The Balaban J connectivity index is 1.65. The topological polar surface area (TPSA) is 58.4 Å². The van der Waals surface area contributed by atoms with Gasteiger partial charge in [0.2, 0.25) is 11.8 Å². The zero-order chi connectivity index (χ0) is 16.6. The summed E-state index contributed by atoms with van der Waals surface area (Å²) in [6.07, 6.45) is 3.49. The van der Waals surface area contributed by atoms with Crippen LogP contribution >= 0.6 is 0 Å². The summed E-state index contributed by atoms with van der Waals surface area (Å²) >= 11 is 0. The van der Waals surface area contributed by atoms with Crippen LogP contribution in [0, 0.1) is 19.8 Å². The molecule has 126 valence electrons. The molecule has 0 aromatic carbocycles. The van der Waals surface area contributed by atoms with Crippen LogP contribution in [0.3, 0.4) is 0 Å². The van der Waals surface area contributed by atoms with Crippen LogP contribution in [0.15, 0.2) is 6.07 Å². The zero-order valence-corrected chi connectivity index (χ0v) is 14.3. The van der Waals surface area contributed by atoms with Gasteiger partial charge in [0.15, 0.2) is 0 Å². The summed E-state index contributed by atoms with van der Waals surface area (Å²) in [6.45, 7) is 5.73. The fourth-order valence-corrected chi connectivity index (χ4v) is 3.98. The maximum atomic E-state index is 12.6. The first-order valence-corrected chi connectivity index (χ1v) is 8.50. The highest BCUT2D eigenvalue weighted by atomic mass is 16.2. The van der Waals surface area contributed by atoms with E-state index < -0.39 is 0 Å². The molecule has 0 saturated carbocycles. The zero-order valence-electron chi connectivity index (χ0n) is 14.3. The molecule has 0 bridgehead atoms. The van der Waals surface area contributed by atoms with Gasteiger partial charge in [-0.1, -0.05) is 0 Å². The third kappa shape index (κ3) is 3.26. The molecule has 1 aromatic heterocycles. The van der Waals surface area contributed by atoms with E-state index in [4.69, 9.17) is 0 Å². The monoisotopic (exact) mass is 318 g/mol. The average molecular weight is 318 g/mol. The molecule has 6 nitrogen and oxygen atoms in total. The quantitative estimate of drug-likeness (QED) is 0.827. The normalized spacial score (nSPS) is 25.3. The maximum absolute atomic E-state index is 12.6. The van der Waals surface area contributed by atoms with Crippen LogP contribution in [-0.4, -0.2) is 57.6 Å². The Labute approximate surface area is 137 Å². The summed E-state index contributed by atoms with van der Waals surface area (Å²) < 4.78 is 1.78. The lowest BCUT2D eigenvalue weighted by Crippen LogP contribution is -2.52. The van der Waals surface area contributed by atoms with E-state index in [9.17, 15) is 9.59 Å². The largest absolute Gasteiger partial charge is 0.342 e. The highest BCUT2D eigenvalue weighted by Gasteiger charge is 2.36. The van der Waals surface area contributed by atoms with Crippen molar-refractivity contribution in [2.45, 2.75) is 52.1 Å². The van der Waals surface area contributed by atoms with Gasteiger partial charge in [0.1, 0.15) is 6.54 Å². The number of fused-ring (bicyclic) bond motifs is 1. The van der Waals surface area contributed by atoms with Gasteiger partial charge < -0.3 is 9.80 Å². The molecule has 6 heteroatoms. The van der Waals surface area contributed by atoms with Gasteiger partial charge >= 0.3 is 0 Å². The number of hydrogen-bond donors (Lipinski definition) is 0. The van der Waals surface area contributed by atoms with Crippen LogP contribution in [0.4, 0.5) is 0 Å². The van der Waals surface area contributed by atoms with E-state index in [0.29, 0.717) is 24.9 Å². The number of rotatable bonds is 2. The Kier molecular flexibility index (Phi) is 4.41. The third-order valence-corrected chi connectivity index (χ3v) is 5.29. The predicted octanol–water partition coefficient (Wildman–Crippen LogP) is 1.36. The summed E-state index contributed by atoms with van der Waals surface area (Å²) in [5, 5.41) is 4.38. The minimum Gasteiger partial charge on any atom is -0.342 e. The van der Waals surface area contributed by atoms with Gasteiger partial charge in [-0.15, -0.1) is 0 Å². The van der Waals surface area contributed by atoms with Gasteiger partial charge in [0.25, 0.3) is 0 Å². The van der Waals surface area contributed by atoms with E-state index in [-0.39, 0.29) is 11.8 Å². The summed E-state index contributed by atoms with van der Waals surface area (Å²) in [7, 11) is 1.92. The number of hydrogen-bond acceptors (Lipinski definition) is 3. The van der Waals surface area contributed by atoms with Crippen LogP contribution in [0.2, 0.25) is 0 Å². The van der Waals surface area contributed by atoms with Crippen LogP contribution < -0.4 is 0 Å². The van der Waals surface area contributed by atoms with Gasteiger partial charge in [0, 0.05) is 38.3 Å². The summed E-state index contributed by atoms with van der Waals surface area (Å²) in [5.41, 5.74) is 1.96. The van der Waals surface area contributed by atoms with Crippen molar-refractivity contribution < 1.29 is 9.59 Å². The molecule has 2 aliphatic rings. The molecule has 0 radical (unpaired) electrons. The molecular formula is C17H26N4O2. The molecule has 0 aliphatic carbocycles. The second-order valence-corrected chi connectivity index (χ2v) is 6.94. The maximum Gasteiger partial charge on any atom is 0.244 e. The van der Waals surface area contributed by atoms with E-state index in [0.717, 1.165) is 43.7 Å². The molecule has 3 rings (SSSR count). The fraction of sp³-hybridized carbons (Fsp3) is 0.706. The van der Waals surface area contributed by atoms with E-state index in [2.05, 4.69) is 5.10 Å². The predicted molar refractivity (Wildman–Crippen MR) is 86.8 cm³/mol. The molecule has 2 aliphatic heterocycles. The molecule has 2 amide bonds. The van der Waals surface area contributed by atoms with Crippen molar-refractivity contribution in [1.82, 2.24) is 19.6 Å². The van der Waals surface area contributed by atoms with E-state index in [1.54, 1.807) is 4.68 Å². The number of aromatic nitrogens is 2. The molecule has 1 aromatic rings. The van der Waals surface area contributed by atoms with Crippen molar-refractivity contribution in [2.75, 3.05) is 20.1 Å². The molecule has 2 saturated heterocycles. The Morgan fingerprint density at radius 3 is 2.83 bits per heavy atom. The molecule has 23 heavy (non-hydrogen) atoms. The second kappa shape index (κ2) is 6.34. The highest BCUT2D eigenvalue weighted by molar-refractivity contribution is 5.77. The van der Waals surface area contributed by atoms with Crippen molar-refractivity contribution in [1.29, 1.82) is 0 Å². The summed E-state index contributed by atoms with van der Waals surface area (Å²) in [6, 6.07) is 2.29. The van der Waals surface area contributed by atoms with Gasteiger partial charge in [-0.3, -0.25) is 14.3 Å². The number of aryl methyl sites for hydroxylation is 2.